The van der Waals surface area contributed by atoms with Gasteiger partial charge in [-0.1, -0.05) is 64.7 Å². The van der Waals surface area contributed by atoms with Crippen molar-refractivity contribution in [3.05, 3.63) is 23.8 Å². The summed E-state index contributed by atoms with van der Waals surface area (Å²) >= 11 is 0. The molecule has 126 valence electrons. The Morgan fingerprint density at radius 3 is 2.50 bits per heavy atom. The van der Waals surface area contributed by atoms with Gasteiger partial charge < -0.3 is 0 Å². The fourth-order valence-electron chi connectivity index (χ4n) is 5.68. The van der Waals surface area contributed by atoms with Gasteiger partial charge in [0.15, 0.2) is 0 Å². The molecule has 6 atom stereocenters. The smallest absolute Gasteiger partial charge is 0.0141 e. The van der Waals surface area contributed by atoms with Crippen molar-refractivity contribution in [3.8, 4) is 0 Å². The fourth-order valence-corrected chi connectivity index (χ4v) is 5.68. The van der Waals surface area contributed by atoms with Crippen LogP contribution >= 0.6 is 0 Å². The second-order valence-corrected chi connectivity index (χ2v) is 8.45. The predicted octanol–water partition coefficient (Wildman–Crippen LogP) is 7.02. The highest BCUT2D eigenvalue weighted by Crippen LogP contribution is 2.62. The lowest BCUT2D eigenvalue weighted by molar-refractivity contribution is 0.0993. The van der Waals surface area contributed by atoms with Crippen molar-refractivity contribution >= 4 is 0 Å². The van der Waals surface area contributed by atoms with E-state index in [1.807, 2.05) is 0 Å². The molecule has 0 radical (unpaired) electrons. The van der Waals surface area contributed by atoms with Crippen LogP contribution in [0.1, 0.15) is 80.1 Å². The quantitative estimate of drug-likeness (QED) is 0.462. The van der Waals surface area contributed by atoms with E-state index in [1.54, 1.807) is 11.1 Å². The summed E-state index contributed by atoms with van der Waals surface area (Å²) in [6.45, 7) is 18.7. The van der Waals surface area contributed by atoms with Gasteiger partial charge in [-0.2, -0.15) is 0 Å². The molecule has 0 spiro atoms. The van der Waals surface area contributed by atoms with E-state index in [1.165, 1.54) is 38.5 Å². The number of allylic oxidation sites excluding steroid dienone is 3. The Hall–Kier alpha value is -0.520. The van der Waals surface area contributed by atoms with E-state index >= 15 is 0 Å². The summed E-state index contributed by atoms with van der Waals surface area (Å²) < 4.78 is 0. The van der Waals surface area contributed by atoms with E-state index in [-0.39, 0.29) is 0 Å². The van der Waals surface area contributed by atoms with Crippen molar-refractivity contribution in [3.63, 3.8) is 0 Å². The molecule has 0 saturated heterocycles. The molecule has 2 rings (SSSR count). The molecule has 1 fully saturated rings. The Bertz CT molecular complexity index is 429. The van der Waals surface area contributed by atoms with Crippen LogP contribution in [0.25, 0.3) is 0 Å². The van der Waals surface area contributed by atoms with Gasteiger partial charge in [-0.05, 0) is 67.6 Å². The SMILES string of the molecule is C=CCC1(C)CC2C(CC)C2C(C)=C(CC)CC1C(C)CC. The molecule has 1 saturated carbocycles. The first-order valence-electron chi connectivity index (χ1n) is 9.72. The normalized spacial score (nSPS) is 39.7. The van der Waals surface area contributed by atoms with Crippen LogP contribution in [0.15, 0.2) is 23.8 Å². The van der Waals surface area contributed by atoms with Crippen molar-refractivity contribution in [2.45, 2.75) is 80.1 Å². The molecule has 0 N–H and O–H groups in total. The topological polar surface area (TPSA) is 0 Å². The largest absolute Gasteiger partial charge is 0.103 e. The molecular weight excluding hydrogens is 264 g/mol. The van der Waals surface area contributed by atoms with Crippen molar-refractivity contribution in [2.75, 3.05) is 0 Å². The number of hydrogen-bond acceptors (Lipinski definition) is 0. The van der Waals surface area contributed by atoms with Gasteiger partial charge in [-0.3, -0.25) is 0 Å². The molecule has 0 aromatic heterocycles. The Labute approximate surface area is 139 Å². The van der Waals surface area contributed by atoms with Crippen molar-refractivity contribution in [1.29, 1.82) is 0 Å². The molecule has 6 unspecified atom stereocenters. The molecule has 22 heavy (non-hydrogen) atoms. The van der Waals surface area contributed by atoms with Crippen LogP contribution in [-0.2, 0) is 0 Å². The molecule has 2 aliphatic rings. The van der Waals surface area contributed by atoms with Crippen LogP contribution in [0, 0.1) is 35.0 Å². The minimum absolute atomic E-state index is 0.450. The van der Waals surface area contributed by atoms with Gasteiger partial charge in [0.05, 0.1) is 0 Å². The summed E-state index contributed by atoms with van der Waals surface area (Å²) in [7, 11) is 0. The third-order valence-electron chi connectivity index (χ3n) is 7.29. The highest BCUT2D eigenvalue weighted by atomic mass is 14.6. The van der Waals surface area contributed by atoms with Crippen molar-refractivity contribution in [2.24, 2.45) is 35.0 Å². The first-order chi connectivity index (χ1) is 10.4. The van der Waals surface area contributed by atoms with Gasteiger partial charge >= 0.3 is 0 Å². The van der Waals surface area contributed by atoms with Gasteiger partial charge in [-0.25, -0.2) is 0 Å². The van der Waals surface area contributed by atoms with Gasteiger partial charge in [0.2, 0.25) is 0 Å². The Balaban J connectivity index is 2.41. The number of hydrogen-bond donors (Lipinski definition) is 0. The highest BCUT2D eigenvalue weighted by molar-refractivity contribution is 5.26. The van der Waals surface area contributed by atoms with Crippen LogP contribution in [0.4, 0.5) is 0 Å². The standard InChI is InChI=1S/C22H38/c1-8-12-22(7)14-19-18(11-4)21(19)16(6)17(10-3)13-20(22)15(5)9-2/h8,15,18-21H,1,9-14H2,2-7H3. The lowest BCUT2D eigenvalue weighted by Gasteiger charge is -2.43. The van der Waals surface area contributed by atoms with E-state index < -0.39 is 0 Å². The maximum absolute atomic E-state index is 4.09. The van der Waals surface area contributed by atoms with E-state index in [4.69, 9.17) is 0 Å². The summed E-state index contributed by atoms with van der Waals surface area (Å²) in [4.78, 5) is 0. The van der Waals surface area contributed by atoms with Crippen LogP contribution in [-0.4, -0.2) is 0 Å². The summed E-state index contributed by atoms with van der Waals surface area (Å²) in [5.41, 5.74) is 4.00. The van der Waals surface area contributed by atoms with Gasteiger partial charge in [-0.15, -0.1) is 6.58 Å². The molecule has 0 aromatic carbocycles. The zero-order valence-electron chi connectivity index (χ0n) is 15.9. The molecular formula is C22H38. The van der Waals surface area contributed by atoms with Crippen LogP contribution in [0.3, 0.4) is 0 Å². The van der Waals surface area contributed by atoms with E-state index in [0.717, 1.165) is 29.6 Å². The summed E-state index contributed by atoms with van der Waals surface area (Å²) in [5, 5.41) is 0. The monoisotopic (exact) mass is 302 g/mol. The highest BCUT2D eigenvalue weighted by Gasteiger charge is 2.54. The Morgan fingerprint density at radius 1 is 1.32 bits per heavy atom. The Morgan fingerprint density at radius 2 is 2.00 bits per heavy atom. The zero-order valence-corrected chi connectivity index (χ0v) is 15.9. The lowest BCUT2D eigenvalue weighted by atomic mass is 9.62. The maximum Gasteiger partial charge on any atom is -0.0141 e. The molecule has 0 heterocycles. The van der Waals surface area contributed by atoms with Gasteiger partial charge in [0, 0.05) is 0 Å². The maximum atomic E-state index is 4.09. The molecule has 0 bridgehead atoms. The first-order valence-corrected chi connectivity index (χ1v) is 9.72. The average Bonchev–Trinajstić information content (AvgIpc) is 3.17. The average molecular weight is 303 g/mol. The van der Waals surface area contributed by atoms with Crippen LogP contribution < -0.4 is 0 Å². The zero-order chi connectivity index (χ0) is 16.5. The summed E-state index contributed by atoms with van der Waals surface area (Å²) in [5.74, 6) is 4.45. The number of fused-ring (bicyclic) bond motifs is 1. The molecule has 0 aliphatic heterocycles. The minimum atomic E-state index is 0.450. The predicted molar refractivity (Wildman–Crippen MR) is 98.9 cm³/mol. The third-order valence-corrected chi connectivity index (χ3v) is 7.29. The second-order valence-electron chi connectivity index (χ2n) is 8.45. The van der Waals surface area contributed by atoms with E-state index in [2.05, 4.69) is 54.2 Å². The fraction of sp³-hybridized carbons (Fsp3) is 0.818. The van der Waals surface area contributed by atoms with Gasteiger partial charge in [0.25, 0.3) is 0 Å². The summed E-state index contributed by atoms with van der Waals surface area (Å²) in [6.07, 6.45) is 10.1. The molecule has 0 nitrogen and oxygen atoms in total. The van der Waals surface area contributed by atoms with E-state index in [0.29, 0.717) is 5.41 Å². The molecule has 0 heteroatoms. The van der Waals surface area contributed by atoms with Crippen molar-refractivity contribution < 1.29 is 0 Å². The van der Waals surface area contributed by atoms with E-state index in [9.17, 15) is 0 Å². The minimum Gasteiger partial charge on any atom is -0.103 e. The molecule has 0 aromatic rings. The van der Waals surface area contributed by atoms with Crippen LogP contribution in [0.5, 0.6) is 0 Å². The second kappa shape index (κ2) is 6.93. The number of rotatable bonds is 6. The van der Waals surface area contributed by atoms with Gasteiger partial charge in [0.1, 0.15) is 0 Å². The van der Waals surface area contributed by atoms with Crippen LogP contribution in [0.2, 0.25) is 0 Å². The van der Waals surface area contributed by atoms with Crippen molar-refractivity contribution in [1.82, 2.24) is 0 Å². The molecule has 2 aliphatic carbocycles. The summed E-state index contributed by atoms with van der Waals surface area (Å²) in [6, 6.07) is 0. The lowest BCUT2D eigenvalue weighted by Crippen LogP contribution is -2.34. The first kappa shape index (κ1) is 17.8. The third kappa shape index (κ3) is 3.08. The Kier molecular flexibility index (Phi) is 5.62. The molecule has 0 amide bonds.